The van der Waals surface area contributed by atoms with Crippen LogP contribution in [0.25, 0.3) is 0 Å². The van der Waals surface area contributed by atoms with Crippen LogP contribution in [-0.2, 0) is 11.2 Å². The number of carboxylic acid groups (broad SMARTS) is 1. The first-order valence-electron chi connectivity index (χ1n) is 7.99. The second kappa shape index (κ2) is 6.73. The summed E-state index contributed by atoms with van der Waals surface area (Å²) >= 11 is 0. The fourth-order valence-electron chi connectivity index (χ4n) is 3.14. The SMILES string of the molecule is O=C(O)C(Cc1ccc(N2CCCC2)cc1)c1cccc(O)c1. The number of phenolic OH excluding ortho intramolecular Hbond substituents is 1. The Kier molecular flexibility index (Phi) is 4.51. The number of phenols is 1. The summed E-state index contributed by atoms with van der Waals surface area (Å²) in [6.07, 6.45) is 2.89. The lowest BCUT2D eigenvalue weighted by Gasteiger charge is -2.18. The molecule has 0 bridgehead atoms. The van der Waals surface area contributed by atoms with E-state index in [9.17, 15) is 15.0 Å². The molecule has 0 spiro atoms. The average molecular weight is 311 g/mol. The van der Waals surface area contributed by atoms with Gasteiger partial charge in [0.2, 0.25) is 0 Å². The molecule has 1 fully saturated rings. The van der Waals surface area contributed by atoms with Crippen molar-refractivity contribution in [3.8, 4) is 5.75 Å². The maximum atomic E-state index is 11.6. The van der Waals surface area contributed by atoms with Crippen molar-refractivity contribution < 1.29 is 15.0 Å². The third-order valence-electron chi connectivity index (χ3n) is 4.42. The van der Waals surface area contributed by atoms with Gasteiger partial charge in [-0.15, -0.1) is 0 Å². The molecule has 3 rings (SSSR count). The van der Waals surface area contributed by atoms with Crippen molar-refractivity contribution >= 4 is 11.7 Å². The number of hydrogen-bond acceptors (Lipinski definition) is 3. The van der Waals surface area contributed by atoms with Gasteiger partial charge in [-0.25, -0.2) is 0 Å². The largest absolute Gasteiger partial charge is 0.508 e. The van der Waals surface area contributed by atoms with Crippen molar-refractivity contribution in [2.75, 3.05) is 18.0 Å². The van der Waals surface area contributed by atoms with Crippen LogP contribution in [0.4, 0.5) is 5.69 Å². The van der Waals surface area contributed by atoms with Crippen LogP contribution in [0.15, 0.2) is 48.5 Å². The van der Waals surface area contributed by atoms with Gasteiger partial charge in [-0.3, -0.25) is 4.79 Å². The predicted octanol–water partition coefficient (Wildman–Crippen LogP) is 3.40. The van der Waals surface area contributed by atoms with Crippen molar-refractivity contribution in [2.45, 2.75) is 25.2 Å². The summed E-state index contributed by atoms with van der Waals surface area (Å²) in [6, 6.07) is 14.7. The maximum Gasteiger partial charge on any atom is 0.311 e. The average Bonchev–Trinajstić information content (AvgIpc) is 3.07. The fraction of sp³-hybridized carbons (Fsp3) is 0.316. The van der Waals surface area contributed by atoms with Gasteiger partial charge in [0.15, 0.2) is 0 Å². The molecule has 1 atom stereocenters. The molecule has 0 saturated carbocycles. The summed E-state index contributed by atoms with van der Waals surface area (Å²) in [6.45, 7) is 2.20. The van der Waals surface area contributed by atoms with Gasteiger partial charge < -0.3 is 15.1 Å². The molecule has 0 aliphatic carbocycles. The molecule has 4 nitrogen and oxygen atoms in total. The topological polar surface area (TPSA) is 60.8 Å². The van der Waals surface area contributed by atoms with Gasteiger partial charge in [0.25, 0.3) is 0 Å². The molecule has 0 radical (unpaired) electrons. The van der Waals surface area contributed by atoms with E-state index >= 15 is 0 Å². The molecule has 1 unspecified atom stereocenters. The molecular formula is C19H21NO3. The van der Waals surface area contributed by atoms with E-state index in [0.29, 0.717) is 12.0 Å². The molecule has 0 aromatic heterocycles. The number of nitrogens with zero attached hydrogens (tertiary/aromatic N) is 1. The zero-order chi connectivity index (χ0) is 16.2. The Hall–Kier alpha value is -2.49. The predicted molar refractivity (Wildman–Crippen MR) is 90.1 cm³/mol. The third kappa shape index (κ3) is 3.65. The number of carboxylic acids is 1. The Balaban J connectivity index is 1.76. The molecule has 4 heteroatoms. The van der Waals surface area contributed by atoms with Gasteiger partial charge >= 0.3 is 5.97 Å². The van der Waals surface area contributed by atoms with Crippen LogP contribution in [0.1, 0.15) is 29.9 Å². The van der Waals surface area contributed by atoms with E-state index in [2.05, 4.69) is 17.0 Å². The quantitative estimate of drug-likeness (QED) is 0.888. The fourth-order valence-corrected chi connectivity index (χ4v) is 3.14. The minimum atomic E-state index is -0.876. The Morgan fingerprint density at radius 3 is 2.39 bits per heavy atom. The highest BCUT2D eigenvalue weighted by Gasteiger charge is 2.21. The van der Waals surface area contributed by atoms with Crippen LogP contribution < -0.4 is 4.90 Å². The Morgan fingerprint density at radius 2 is 1.78 bits per heavy atom. The normalized spacial score (nSPS) is 15.6. The number of anilines is 1. The van der Waals surface area contributed by atoms with Gasteiger partial charge in [-0.05, 0) is 54.7 Å². The summed E-state index contributed by atoms with van der Waals surface area (Å²) in [4.78, 5) is 14.0. The molecule has 120 valence electrons. The first-order valence-corrected chi connectivity index (χ1v) is 7.99. The van der Waals surface area contributed by atoms with E-state index in [4.69, 9.17) is 0 Å². The summed E-state index contributed by atoms with van der Waals surface area (Å²) < 4.78 is 0. The Labute approximate surface area is 136 Å². The van der Waals surface area contributed by atoms with E-state index in [1.807, 2.05) is 12.1 Å². The van der Waals surface area contributed by atoms with Gasteiger partial charge in [0, 0.05) is 18.8 Å². The van der Waals surface area contributed by atoms with Crippen LogP contribution in [0.3, 0.4) is 0 Å². The number of hydrogen-bond donors (Lipinski definition) is 2. The lowest BCUT2D eigenvalue weighted by molar-refractivity contribution is -0.138. The highest BCUT2D eigenvalue weighted by atomic mass is 16.4. The van der Waals surface area contributed by atoms with Crippen molar-refractivity contribution in [3.05, 3.63) is 59.7 Å². The van der Waals surface area contributed by atoms with Crippen LogP contribution in [-0.4, -0.2) is 29.3 Å². The van der Waals surface area contributed by atoms with E-state index in [1.165, 1.54) is 24.6 Å². The van der Waals surface area contributed by atoms with E-state index in [-0.39, 0.29) is 5.75 Å². The minimum absolute atomic E-state index is 0.0955. The first kappa shape index (κ1) is 15.4. The number of carbonyl (C=O) groups is 1. The lowest BCUT2D eigenvalue weighted by atomic mass is 9.92. The van der Waals surface area contributed by atoms with Crippen molar-refractivity contribution in [1.29, 1.82) is 0 Å². The molecule has 2 aromatic carbocycles. The smallest absolute Gasteiger partial charge is 0.311 e. The zero-order valence-electron chi connectivity index (χ0n) is 13.0. The van der Waals surface area contributed by atoms with Crippen molar-refractivity contribution in [3.63, 3.8) is 0 Å². The molecule has 0 amide bonds. The molecule has 1 aliphatic heterocycles. The summed E-state index contributed by atoms with van der Waals surface area (Å²) in [7, 11) is 0. The maximum absolute atomic E-state index is 11.6. The highest BCUT2D eigenvalue weighted by molar-refractivity contribution is 5.76. The van der Waals surface area contributed by atoms with Crippen LogP contribution in [0.5, 0.6) is 5.75 Å². The number of rotatable bonds is 5. The second-order valence-corrected chi connectivity index (χ2v) is 6.05. The number of benzene rings is 2. The number of aliphatic carboxylic acids is 1. The van der Waals surface area contributed by atoms with Gasteiger partial charge in [-0.1, -0.05) is 24.3 Å². The first-order chi connectivity index (χ1) is 11.1. The minimum Gasteiger partial charge on any atom is -0.508 e. The molecule has 2 N–H and O–H groups in total. The molecule has 2 aromatic rings. The monoisotopic (exact) mass is 311 g/mol. The molecule has 1 saturated heterocycles. The Bertz CT molecular complexity index is 675. The van der Waals surface area contributed by atoms with Gasteiger partial charge in [-0.2, -0.15) is 0 Å². The van der Waals surface area contributed by atoms with E-state index in [1.54, 1.807) is 18.2 Å². The lowest BCUT2D eigenvalue weighted by Crippen LogP contribution is -2.17. The number of aromatic hydroxyl groups is 1. The molecular weight excluding hydrogens is 290 g/mol. The standard InChI is InChI=1S/C19H21NO3/c21-17-5-3-4-15(13-17)18(19(22)23)12-14-6-8-16(9-7-14)20-10-1-2-11-20/h3-9,13,18,21H,1-2,10-12H2,(H,22,23). The van der Waals surface area contributed by atoms with Crippen LogP contribution in [0, 0.1) is 0 Å². The Morgan fingerprint density at radius 1 is 1.09 bits per heavy atom. The zero-order valence-corrected chi connectivity index (χ0v) is 13.0. The van der Waals surface area contributed by atoms with Crippen molar-refractivity contribution in [2.24, 2.45) is 0 Å². The second-order valence-electron chi connectivity index (χ2n) is 6.05. The highest BCUT2D eigenvalue weighted by Crippen LogP contribution is 2.26. The van der Waals surface area contributed by atoms with Crippen LogP contribution in [0.2, 0.25) is 0 Å². The van der Waals surface area contributed by atoms with Gasteiger partial charge in [0.05, 0.1) is 5.92 Å². The van der Waals surface area contributed by atoms with Crippen molar-refractivity contribution in [1.82, 2.24) is 0 Å². The summed E-state index contributed by atoms with van der Waals surface area (Å²) in [5, 5.41) is 19.1. The van der Waals surface area contributed by atoms with E-state index in [0.717, 1.165) is 18.7 Å². The van der Waals surface area contributed by atoms with E-state index < -0.39 is 11.9 Å². The summed E-state index contributed by atoms with van der Waals surface area (Å²) in [5.74, 6) is -1.43. The third-order valence-corrected chi connectivity index (χ3v) is 4.42. The molecule has 1 heterocycles. The molecule has 1 aliphatic rings. The van der Waals surface area contributed by atoms with Crippen LogP contribution >= 0.6 is 0 Å². The molecule has 23 heavy (non-hydrogen) atoms. The summed E-state index contributed by atoms with van der Waals surface area (Å²) in [5.41, 5.74) is 2.82. The van der Waals surface area contributed by atoms with Gasteiger partial charge in [0.1, 0.15) is 5.75 Å².